The van der Waals surface area contributed by atoms with Crippen LogP contribution < -0.4 is 5.43 Å². The maximum Gasteiger partial charge on any atom is 0.197 e. The average Bonchev–Trinajstić information content (AvgIpc) is 3.03. The summed E-state index contributed by atoms with van der Waals surface area (Å²) >= 11 is 3.17. The van der Waals surface area contributed by atoms with Crippen LogP contribution in [0, 0.1) is 5.82 Å². The summed E-state index contributed by atoms with van der Waals surface area (Å²) in [5.74, 6) is -1.32. The van der Waals surface area contributed by atoms with Crippen LogP contribution in [0.1, 0.15) is 17.9 Å². The first-order chi connectivity index (χ1) is 13.8. The molecule has 0 aliphatic carbocycles. The van der Waals surface area contributed by atoms with Gasteiger partial charge in [0, 0.05) is 35.2 Å². The monoisotopic (exact) mass is 463 g/mol. The fourth-order valence-electron chi connectivity index (χ4n) is 4.12. The fraction of sp³-hybridized carbons (Fsp3) is 0.286. The Morgan fingerprint density at radius 1 is 1.28 bits per heavy atom. The van der Waals surface area contributed by atoms with E-state index in [0.717, 1.165) is 6.07 Å². The van der Waals surface area contributed by atoms with Gasteiger partial charge in [-0.2, -0.15) is 0 Å². The molecule has 0 saturated carbocycles. The molecule has 3 aromatic rings. The lowest BCUT2D eigenvalue weighted by molar-refractivity contribution is 0.172. The summed E-state index contributed by atoms with van der Waals surface area (Å²) in [5, 5.41) is 30.7. The number of likely N-dealkylation sites (tertiary alicyclic amines) is 1. The van der Waals surface area contributed by atoms with Crippen molar-refractivity contribution in [1.29, 1.82) is 0 Å². The molecule has 1 aliphatic heterocycles. The van der Waals surface area contributed by atoms with E-state index < -0.39 is 17.0 Å². The first kappa shape index (κ1) is 19.9. The number of rotatable bonds is 3. The largest absolute Gasteiger partial charge is 0.507 e. The maximum absolute atomic E-state index is 14.0. The molecule has 2 aromatic carbocycles. The number of aliphatic hydroxyl groups is 1. The molecular weight excluding hydrogens is 445 g/mol. The average molecular weight is 464 g/mol. The molecule has 0 spiro atoms. The van der Waals surface area contributed by atoms with Crippen molar-refractivity contribution in [1.82, 2.24) is 4.90 Å². The molecule has 0 amide bonds. The number of fused-ring (bicyclic) bond motifs is 1. The van der Waals surface area contributed by atoms with Gasteiger partial charge in [-0.15, -0.1) is 0 Å². The quantitative estimate of drug-likeness (QED) is 0.549. The highest BCUT2D eigenvalue weighted by atomic mass is 79.9. The van der Waals surface area contributed by atoms with Crippen molar-refractivity contribution in [2.24, 2.45) is 0 Å². The van der Waals surface area contributed by atoms with Crippen LogP contribution in [-0.2, 0) is 0 Å². The summed E-state index contributed by atoms with van der Waals surface area (Å²) in [6.45, 7) is 0.555. The van der Waals surface area contributed by atoms with Crippen LogP contribution >= 0.6 is 15.9 Å². The number of nitrogens with zero attached hydrogens (tertiary/aromatic N) is 1. The molecule has 6 nitrogen and oxygen atoms in total. The zero-order valence-electron chi connectivity index (χ0n) is 15.5. The first-order valence-corrected chi connectivity index (χ1v) is 9.91. The number of hydrogen-bond acceptors (Lipinski definition) is 6. The molecule has 4 rings (SSSR count). The van der Waals surface area contributed by atoms with E-state index in [9.17, 15) is 24.5 Å². The summed E-state index contributed by atoms with van der Waals surface area (Å²) in [5.41, 5.74) is 0.218. The minimum atomic E-state index is -0.512. The Hall–Kier alpha value is -2.42. The van der Waals surface area contributed by atoms with E-state index in [4.69, 9.17) is 4.42 Å². The Kier molecular flexibility index (Phi) is 5.10. The molecular formula is C21H19BrFNO5. The van der Waals surface area contributed by atoms with Crippen LogP contribution in [0.25, 0.3) is 22.3 Å². The van der Waals surface area contributed by atoms with E-state index in [0.29, 0.717) is 24.1 Å². The SMILES string of the molecule is CN1CC[C@H](c2c(O)cc(O)c3c(=O)cc(-c4cccc(F)c4Br)oc23)[C@H]1CO. The second kappa shape index (κ2) is 7.44. The molecule has 1 aliphatic rings. The van der Waals surface area contributed by atoms with Gasteiger partial charge in [-0.05, 0) is 48.1 Å². The van der Waals surface area contributed by atoms with Gasteiger partial charge in [0.25, 0.3) is 0 Å². The van der Waals surface area contributed by atoms with E-state index in [2.05, 4.69) is 15.9 Å². The number of likely N-dealkylation sites (N-methyl/N-ethyl adjacent to an activating group) is 1. The molecule has 29 heavy (non-hydrogen) atoms. The highest BCUT2D eigenvalue weighted by molar-refractivity contribution is 9.10. The summed E-state index contributed by atoms with van der Waals surface area (Å²) in [4.78, 5) is 14.8. The molecule has 8 heteroatoms. The van der Waals surface area contributed by atoms with Crippen molar-refractivity contribution in [3.05, 3.63) is 56.4 Å². The summed E-state index contributed by atoms with van der Waals surface area (Å²) in [6, 6.07) is 6.40. The smallest absolute Gasteiger partial charge is 0.197 e. The third-order valence-electron chi connectivity index (χ3n) is 5.60. The first-order valence-electron chi connectivity index (χ1n) is 9.11. The number of benzene rings is 2. The van der Waals surface area contributed by atoms with E-state index in [-0.39, 0.29) is 45.5 Å². The van der Waals surface area contributed by atoms with Gasteiger partial charge in [0.05, 0.1) is 11.1 Å². The molecule has 1 aromatic heterocycles. The molecule has 1 saturated heterocycles. The molecule has 3 N–H and O–H groups in total. The van der Waals surface area contributed by atoms with Crippen LogP contribution in [-0.4, -0.2) is 46.5 Å². The number of phenolic OH excluding ortho intramolecular Hbond substituents is 2. The van der Waals surface area contributed by atoms with Crippen molar-refractivity contribution < 1.29 is 24.1 Å². The number of aliphatic hydroxyl groups excluding tert-OH is 1. The van der Waals surface area contributed by atoms with Gasteiger partial charge in [-0.1, -0.05) is 6.07 Å². The standard InChI is InChI=1S/C21H19BrFNO5/c1-24-6-5-10(13(24)9-25)18-14(26)7-15(27)19-16(28)8-17(29-21(18)19)11-3-2-4-12(23)20(11)22/h2-4,7-8,10,13,25-27H,5-6,9H2,1H3/t10-,13+/m0/s1. The second-order valence-corrected chi connectivity index (χ2v) is 8.03. The van der Waals surface area contributed by atoms with Crippen LogP contribution in [0.5, 0.6) is 11.5 Å². The molecule has 1 fully saturated rings. The van der Waals surface area contributed by atoms with Crippen LogP contribution in [0.2, 0.25) is 0 Å². The topological polar surface area (TPSA) is 94.1 Å². The predicted octanol–water partition coefficient (Wildman–Crippen LogP) is 3.55. The van der Waals surface area contributed by atoms with Crippen molar-refractivity contribution in [2.75, 3.05) is 20.2 Å². The Bertz CT molecular complexity index is 1160. The van der Waals surface area contributed by atoms with Crippen molar-refractivity contribution in [2.45, 2.75) is 18.4 Å². The van der Waals surface area contributed by atoms with Crippen molar-refractivity contribution in [3.8, 4) is 22.8 Å². The lowest BCUT2D eigenvalue weighted by atomic mass is 9.89. The van der Waals surface area contributed by atoms with E-state index >= 15 is 0 Å². The van der Waals surface area contributed by atoms with Crippen LogP contribution in [0.4, 0.5) is 4.39 Å². The zero-order chi connectivity index (χ0) is 20.9. The molecule has 2 atom stereocenters. The Labute approximate surface area is 173 Å². The molecule has 0 radical (unpaired) electrons. The highest BCUT2D eigenvalue weighted by Crippen LogP contribution is 2.44. The molecule has 152 valence electrons. The Morgan fingerprint density at radius 2 is 2.03 bits per heavy atom. The number of hydrogen-bond donors (Lipinski definition) is 3. The van der Waals surface area contributed by atoms with Gasteiger partial charge in [-0.3, -0.25) is 4.79 Å². The van der Waals surface area contributed by atoms with Crippen molar-refractivity contribution >= 4 is 26.9 Å². The highest BCUT2D eigenvalue weighted by Gasteiger charge is 2.36. The van der Waals surface area contributed by atoms with Gasteiger partial charge in [0.15, 0.2) is 5.43 Å². The maximum atomic E-state index is 14.0. The third-order valence-corrected chi connectivity index (χ3v) is 6.40. The number of aromatic hydroxyl groups is 2. The van der Waals surface area contributed by atoms with Gasteiger partial charge in [-0.25, -0.2) is 4.39 Å². The summed E-state index contributed by atoms with van der Waals surface area (Å²) in [6.07, 6.45) is 0.632. The van der Waals surface area contributed by atoms with E-state index in [1.54, 1.807) is 6.07 Å². The van der Waals surface area contributed by atoms with Crippen LogP contribution in [0.15, 0.2) is 44.0 Å². The van der Waals surface area contributed by atoms with Crippen molar-refractivity contribution in [3.63, 3.8) is 0 Å². The minimum absolute atomic E-state index is 0.0416. The lowest BCUT2D eigenvalue weighted by Gasteiger charge is -2.24. The predicted molar refractivity (Wildman–Crippen MR) is 110 cm³/mol. The van der Waals surface area contributed by atoms with Gasteiger partial charge in [0.2, 0.25) is 0 Å². The summed E-state index contributed by atoms with van der Waals surface area (Å²) in [7, 11) is 1.87. The lowest BCUT2D eigenvalue weighted by Crippen LogP contribution is -2.32. The Morgan fingerprint density at radius 3 is 2.76 bits per heavy atom. The molecule has 0 bridgehead atoms. The van der Waals surface area contributed by atoms with Gasteiger partial charge < -0.3 is 24.6 Å². The molecule has 2 heterocycles. The number of phenols is 2. The van der Waals surface area contributed by atoms with Crippen LogP contribution in [0.3, 0.4) is 0 Å². The second-order valence-electron chi connectivity index (χ2n) is 7.23. The fourth-order valence-corrected chi connectivity index (χ4v) is 4.58. The molecule has 0 unspecified atom stereocenters. The van der Waals surface area contributed by atoms with Gasteiger partial charge in [0.1, 0.15) is 34.0 Å². The van der Waals surface area contributed by atoms with E-state index in [1.807, 2.05) is 11.9 Å². The third kappa shape index (κ3) is 3.21. The normalized spacial score (nSPS) is 19.9. The van der Waals surface area contributed by atoms with Gasteiger partial charge >= 0.3 is 0 Å². The zero-order valence-corrected chi connectivity index (χ0v) is 17.1. The number of halogens is 2. The Balaban J connectivity index is 2.03. The van der Waals surface area contributed by atoms with E-state index in [1.165, 1.54) is 18.2 Å². The minimum Gasteiger partial charge on any atom is -0.507 e. The summed E-state index contributed by atoms with van der Waals surface area (Å²) < 4.78 is 20.1.